The van der Waals surface area contributed by atoms with Crippen LogP contribution < -0.4 is 5.32 Å². The van der Waals surface area contributed by atoms with Crippen LogP contribution in [-0.2, 0) is 35.1 Å². The van der Waals surface area contributed by atoms with Crippen molar-refractivity contribution in [3.8, 4) is 0 Å². The number of carbonyl (C=O) groups excluding carboxylic acids is 4. The number of carbonyl (C=O) groups is 4. The van der Waals surface area contributed by atoms with Gasteiger partial charge in [0.15, 0.2) is 0 Å². The molecule has 1 saturated heterocycles. The fraction of sp³-hybridized carbons (Fsp3) is 0.600. The Labute approximate surface area is 230 Å². The number of amides is 2. The summed E-state index contributed by atoms with van der Waals surface area (Å²) in [5, 5.41) is 12.7. The van der Waals surface area contributed by atoms with Crippen molar-refractivity contribution in [3.05, 3.63) is 48.0 Å². The minimum atomic E-state index is -0.689. The molecule has 9 heteroatoms. The number of nitrogens with one attached hydrogen (secondary N) is 1. The summed E-state index contributed by atoms with van der Waals surface area (Å²) in [5.41, 5.74) is 0.342. The van der Waals surface area contributed by atoms with Crippen molar-refractivity contribution in [3.63, 3.8) is 0 Å². The molecule has 0 aliphatic carbocycles. The summed E-state index contributed by atoms with van der Waals surface area (Å²) in [6.45, 7) is 5.71. The summed E-state index contributed by atoms with van der Waals surface area (Å²) in [5.74, 6) is -2.65. The number of nitrogens with zero attached hydrogens (tertiary/aromatic N) is 1. The molecule has 2 aliphatic rings. The van der Waals surface area contributed by atoms with Crippen LogP contribution in [0.2, 0.25) is 0 Å². The van der Waals surface area contributed by atoms with Gasteiger partial charge in [-0.15, -0.1) is 0 Å². The highest BCUT2D eigenvalue weighted by Crippen LogP contribution is 2.26. The first-order valence-corrected chi connectivity index (χ1v) is 13.8. The van der Waals surface area contributed by atoms with E-state index in [0.717, 1.165) is 12.0 Å². The molecule has 0 radical (unpaired) electrons. The number of allylic oxidation sites excluding steroid dienone is 2. The number of cyclic esters (lactones) is 1. The fourth-order valence-electron chi connectivity index (χ4n) is 5.04. The lowest BCUT2D eigenvalue weighted by Gasteiger charge is -2.29. The lowest BCUT2D eigenvalue weighted by atomic mass is 9.95. The van der Waals surface area contributed by atoms with Gasteiger partial charge in [0.25, 0.3) is 0 Å². The molecule has 2 heterocycles. The van der Waals surface area contributed by atoms with Crippen molar-refractivity contribution in [2.24, 2.45) is 11.8 Å². The summed E-state index contributed by atoms with van der Waals surface area (Å²) >= 11 is 0. The van der Waals surface area contributed by atoms with Gasteiger partial charge in [0.2, 0.25) is 11.8 Å². The standard InChI is InChI=1S/C30H42N2O7/c1-30(2,3)39-27(35)18-23-13-8-7-12-22(28(36)32-15-9-14-25(32)20-38-29(23)37)17-26(34)31-24(19-33)16-21-10-5-4-6-11-21/h4-8,10-11,22-25,33H,9,12-20H2,1-3H3,(H,31,34)/b8-7-/t22-,23+,24-,25-/m0/s1. The van der Waals surface area contributed by atoms with Crippen LogP contribution in [0.4, 0.5) is 0 Å². The third-order valence-corrected chi connectivity index (χ3v) is 6.94. The van der Waals surface area contributed by atoms with E-state index in [2.05, 4.69) is 5.32 Å². The highest BCUT2D eigenvalue weighted by atomic mass is 16.6. The van der Waals surface area contributed by atoms with E-state index in [1.807, 2.05) is 30.3 Å². The first-order valence-electron chi connectivity index (χ1n) is 13.8. The average molecular weight is 543 g/mol. The van der Waals surface area contributed by atoms with Crippen LogP contribution >= 0.6 is 0 Å². The molecule has 2 amide bonds. The van der Waals surface area contributed by atoms with E-state index in [-0.39, 0.29) is 50.3 Å². The molecule has 2 N–H and O–H groups in total. The van der Waals surface area contributed by atoms with Crippen LogP contribution in [0.5, 0.6) is 0 Å². The van der Waals surface area contributed by atoms with Crippen molar-refractivity contribution in [1.82, 2.24) is 10.2 Å². The Morgan fingerprint density at radius 2 is 1.79 bits per heavy atom. The molecule has 0 spiro atoms. The number of hydrogen-bond acceptors (Lipinski definition) is 7. The topological polar surface area (TPSA) is 122 Å². The second kappa shape index (κ2) is 14.3. The molecular formula is C30H42N2O7. The zero-order valence-corrected chi connectivity index (χ0v) is 23.3. The molecule has 214 valence electrons. The highest BCUT2D eigenvalue weighted by molar-refractivity contribution is 5.86. The monoisotopic (exact) mass is 542 g/mol. The second-order valence-electron chi connectivity index (χ2n) is 11.4. The van der Waals surface area contributed by atoms with E-state index in [9.17, 15) is 24.3 Å². The molecule has 0 unspecified atom stereocenters. The maximum atomic E-state index is 13.5. The minimum absolute atomic E-state index is 0.0151. The van der Waals surface area contributed by atoms with Gasteiger partial charge in [-0.05, 0) is 58.4 Å². The molecule has 1 fully saturated rings. The van der Waals surface area contributed by atoms with E-state index < -0.39 is 35.4 Å². The van der Waals surface area contributed by atoms with E-state index in [1.54, 1.807) is 37.8 Å². The second-order valence-corrected chi connectivity index (χ2v) is 11.4. The normalized spacial score (nSPS) is 24.0. The smallest absolute Gasteiger partial charge is 0.309 e. The maximum absolute atomic E-state index is 13.5. The minimum Gasteiger partial charge on any atom is -0.463 e. The fourth-order valence-corrected chi connectivity index (χ4v) is 5.04. The van der Waals surface area contributed by atoms with Gasteiger partial charge in [0.1, 0.15) is 12.2 Å². The predicted molar refractivity (Wildman–Crippen MR) is 145 cm³/mol. The summed E-state index contributed by atoms with van der Waals surface area (Å²) < 4.78 is 11.0. The van der Waals surface area contributed by atoms with Gasteiger partial charge in [0.05, 0.1) is 36.9 Å². The summed E-state index contributed by atoms with van der Waals surface area (Å²) in [6.07, 6.45) is 6.02. The van der Waals surface area contributed by atoms with Gasteiger partial charge in [-0.2, -0.15) is 0 Å². The van der Waals surface area contributed by atoms with E-state index in [1.165, 1.54) is 0 Å². The molecule has 1 aromatic carbocycles. The molecule has 0 bridgehead atoms. The summed E-state index contributed by atoms with van der Waals surface area (Å²) in [7, 11) is 0. The van der Waals surface area contributed by atoms with Gasteiger partial charge in [0, 0.05) is 13.0 Å². The van der Waals surface area contributed by atoms with Gasteiger partial charge in [-0.25, -0.2) is 0 Å². The number of ether oxygens (including phenoxy) is 2. The van der Waals surface area contributed by atoms with E-state index in [4.69, 9.17) is 9.47 Å². The van der Waals surface area contributed by atoms with Crippen molar-refractivity contribution in [2.75, 3.05) is 19.8 Å². The van der Waals surface area contributed by atoms with E-state index in [0.29, 0.717) is 25.8 Å². The third-order valence-electron chi connectivity index (χ3n) is 6.94. The van der Waals surface area contributed by atoms with Crippen molar-refractivity contribution >= 4 is 23.8 Å². The lowest BCUT2D eigenvalue weighted by Crippen LogP contribution is -2.45. The number of aliphatic hydroxyl groups is 1. The molecule has 4 atom stereocenters. The SMILES string of the molecule is CC(C)(C)OC(=O)C[C@H]1C/C=C\C[C@@H](CC(=O)N[C@H](CO)Cc2ccccc2)C(=O)N2CCC[C@H]2COC1=O. The van der Waals surface area contributed by atoms with Crippen molar-refractivity contribution < 1.29 is 33.8 Å². The van der Waals surface area contributed by atoms with Gasteiger partial charge < -0.3 is 24.8 Å². The molecular weight excluding hydrogens is 500 g/mol. The Hall–Kier alpha value is -3.20. The molecule has 2 aliphatic heterocycles. The number of fused-ring (bicyclic) bond motifs is 1. The maximum Gasteiger partial charge on any atom is 0.309 e. The zero-order chi connectivity index (χ0) is 28.4. The molecule has 0 saturated carbocycles. The number of rotatable bonds is 8. The predicted octanol–water partition coefficient (Wildman–Crippen LogP) is 2.94. The van der Waals surface area contributed by atoms with Crippen LogP contribution in [0.25, 0.3) is 0 Å². The largest absolute Gasteiger partial charge is 0.463 e. The number of esters is 2. The lowest BCUT2D eigenvalue weighted by molar-refractivity contribution is -0.162. The van der Waals surface area contributed by atoms with Crippen LogP contribution in [-0.4, -0.2) is 71.2 Å². The Morgan fingerprint density at radius 3 is 2.46 bits per heavy atom. The van der Waals surface area contributed by atoms with Gasteiger partial charge in [-0.1, -0.05) is 42.5 Å². The number of benzene rings is 1. The van der Waals surface area contributed by atoms with Crippen LogP contribution in [0.3, 0.4) is 0 Å². The van der Waals surface area contributed by atoms with Crippen LogP contribution in [0.1, 0.15) is 64.9 Å². The first kappa shape index (κ1) is 30.3. The Kier molecular flexibility index (Phi) is 11.1. The molecule has 9 nitrogen and oxygen atoms in total. The summed E-state index contributed by atoms with van der Waals surface area (Å²) in [4.78, 5) is 53.4. The zero-order valence-electron chi connectivity index (χ0n) is 23.3. The number of hydrogen-bond donors (Lipinski definition) is 2. The van der Waals surface area contributed by atoms with E-state index >= 15 is 0 Å². The quantitative estimate of drug-likeness (QED) is 0.383. The Morgan fingerprint density at radius 1 is 1.10 bits per heavy atom. The van der Waals surface area contributed by atoms with Crippen molar-refractivity contribution in [2.45, 2.75) is 83.4 Å². The molecule has 1 aromatic rings. The molecule has 3 rings (SSSR count). The molecule has 39 heavy (non-hydrogen) atoms. The Bertz CT molecular complexity index is 1020. The summed E-state index contributed by atoms with van der Waals surface area (Å²) in [6, 6.07) is 8.88. The molecule has 0 aromatic heterocycles. The number of aliphatic hydroxyl groups excluding tert-OH is 1. The van der Waals surface area contributed by atoms with Crippen LogP contribution in [0, 0.1) is 11.8 Å². The van der Waals surface area contributed by atoms with Gasteiger partial charge in [-0.3, -0.25) is 19.2 Å². The van der Waals surface area contributed by atoms with Crippen LogP contribution in [0.15, 0.2) is 42.5 Å². The van der Waals surface area contributed by atoms with Crippen molar-refractivity contribution in [1.29, 1.82) is 0 Å². The highest BCUT2D eigenvalue weighted by Gasteiger charge is 2.36. The first-order chi connectivity index (χ1) is 18.6. The average Bonchev–Trinajstić information content (AvgIpc) is 3.35. The Balaban J connectivity index is 1.69. The van der Waals surface area contributed by atoms with Gasteiger partial charge >= 0.3 is 11.9 Å². The third kappa shape index (κ3) is 9.80.